The average Bonchev–Trinajstić information content (AvgIpc) is 3.02. The molecule has 222 valence electrons. The van der Waals surface area contributed by atoms with Gasteiger partial charge in [-0.3, -0.25) is 4.99 Å². The largest absolute Gasteiger partial charge is 0.492 e. The molecule has 1 heterocycles. The number of likely N-dealkylation sites (N-methyl/N-ethyl adjacent to an activating group) is 1. The minimum Gasteiger partial charge on any atom is -0.492 e. The van der Waals surface area contributed by atoms with E-state index in [1.165, 1.54) is 0 Å². The molecule has 8 nitrogen and oxygen atoms in total. The zero-order chi connectivity index (χ0) is 30.9. The van der Waals surface area contributed by atoms with Crippen molar-refractivity contribution in [3.63, 3.8) is 0 Å². The van der Waals surface area contributed by atoms with Gasteiger partial charge in [-0.05, 0) is 63.5 Å². The van der Waals surface area contributed by atoms with Crippen molar-refractivity contribution in [1.82, 2.24) is 10.3 Å². The van der Waals surface area contributed by atoms with E-state index in [0.717, 1.165) is 29.9 Å². The van der Waals surface area contributed by atoms with E-state index in [4.69, 9.17) is 19.3 Å². The monoisotopic (exact) mass is 570 g/mol. The Bertz CT molecular complexity index is 1360. The lowest BCUT2D eigenvalue weighted by molar-refractivity contribution is -0.0980. The van der Waals surface area contributed by atoms with E-state index in [-0.39, 0.29) is 6.61 Å². The van der Waals surface area contributed by atoms with Gasteiger partial charge in [0.2, 0.25) is 0 Å². The first-order valence-corrected chi connectivity index (χ1v) is 13.9. The topological polar surface area (TPSA) is 93.1 Å². The van der Waals surface area contributed by atoms with E-state index in [2.05, 4.69) is 29.0 Å². The molecule has 0 spiro atoms. The van der Waals surface area contributed by atoms with Crippen LogP contribution in [0.15, 0.2) is 95.9 Å². The van der Waals surface area contributed by atoms with Crippen molar-refractivity contribution in [1.29, 1.82) is 0 Å². The van der Waals surface area contributed by atoms with Crippen LogP contribution in [0.5, 0.6) is 0 Å². The quantitative estimate of drug-likeness (QED) is 0.105. The minimum atomic E-state index is -0.424. The number of nitrogens with one attached hydrogen (secondary N) is 1. The van der Waals surface area contributed by atoms with Crippen LogP contribution in [0.1, 0.15) is 48.3 Å². The van der Waals surface area contributed by atoms with Gasteiger partial charge >= 0.3 is 5.97 Å². The Kier molecular flexibility index (Phi) is 14.2. The smallest absolute Gasteiger partial charge is 0.340 e. The minimum absolute atomic E-state index is 0.256. The SMILES string of the molecule is C=C/C=C(\C=C/C)N(C)c1nc(C)c(C(=O)OCC)c(-c2ccccc2)c1C(=NC)NCCOC1=CCCC=C1.C=O. The van der Waals surface area contributed by atoms with Crippen molar-refractivity contribution in [2.75, 3.05) is 38.8 Å². The van der Waals surface area contributed by atoms with Crippen molar-refractivity contribution in [2.24, 2.45) is 4.99 Å². The molecule has 1 aliphatic rings. The Morgan fingerprint density at radius 2 is 1.93 bits per heavy atom. The molecule has 1 N–H and O–H groups in total. The Morgan fingerprint density at radius 1 is 1.19 bits per heavy atom. The maximum absolute atomic E-state index is 13.4. The molecular weight excluding hydrogens is 528 g/mol. The van der Waals surface area contributed by atoms with E-state index in [1.54, 1.807) is 20.0 Å². The molecule has 42 heavy (non-hydrogen) atoms. The summed E-state index contributed by atoms with van der Waals surface area (Å²) in [5, 5.41) is 3.45. The second kappa shape index (κ2) is 17.9. The zero-order valence-electron chi connectivity index (χ0n) is 25.4. The lowest BCUT2D eigenvalue weighted by Gasteiger charge is -2.27. The summed E-state index contributed by atoms with van der Waals surface area (Å²) in [7, 11) is 3.67. The summed E-state index contributed by atoms with van der Waals surface area (Å²) in [5.74, 6) is 1.68. The third-order valence-corrected chi connectivity index (χ3v) is 6.32. The Labute approximate surface area is 249 Å². The molecule has 0 bridgehead atoms. The maximum atomic E-state index is 13.4. The number of carbonyl (C=O) groups is 2. The van der Waals surface area contributed by atoms with Gasteiger partial charge in [0.1, 0.15) is 30.8 Å². The number of nitrogens with zero attached hydrogens (tertiary/aromatic N) is 3. The van der Waals surface area contributed by atoms with Gasteiger partial charge in [-0.15, -0.1) is 0 Å². The molecule has 1 aromatic carbocycles. The van der Waals surface area contributed by atoms with Crippen LogP contribution in [0.25, 0.3) is 11.1 Å². The highest BCUT2D eigenvalue weighted by Crippen LogP contribution is 2.36. The summed E-state index contributed by atoms with van der Waals surface area (Å²) in [4.78, 5) is 33.0. The number of aromatic nitrogens is 1. The van der Waals surface area contributed by atoms with Crippen molar-refractivity contribution in [3.8, 4) is 11.1 Å². The van der Waals surface area contributed by atoms with Crippen molar-refractivity contribution in [3.05, 3.63) is 108 Å². The molecule has 0 amide bonds. The molecule has 1 aromatic heterocycles. The van der Waals surface area contributed by atoms with E-state index < -0.39 is 5.97 Å². The zero-order valence-corrected chi connectivity index (χ0v) is 25.4. The maximum Gasteiger partial charge on any atom is 0.340 e. The van der Waals surface area contributed by atoms with Crippen molar-refractivity contribution >= 4 is 24.4 Å². The van der Waals surface area contributed by atoms with Gasteiger partial charge in [-0.2, -0.15) is 0 Å². The molecule has 0 aliphatic heterocycles. The number of pyridine rings is 1. The summed E-state index contributed by atoms with van der Waals surface area (Å²) in [6, 6.07) is 9.81. The molecule has 2 aromatic rings. The molecule has 8 heteroatoms. The van der Waals surface area contributed by atoms with Crippen LogP contribution >= 0.6 is 0 Å². The number of rotatable bonds is 12. The van der Waals surface area contributed by atoms with Crippen LogP contribution in [0.2, 0.25) is 0 Å². The number of benzene rings is 1. The van der Waals surface area contributed by atoms with E-state index in [1.807, 2.05) is 87.2 Å². The third-order valence-electron chi connectivity index (χ3n) is 6.32. The molecule has 0 unspecified atom stereocenters. The van der Waals surface area contributed by atoms with Gasteiger partial charge < -0.3 is 24.5 Å². The molecule has 0 fully saturated rings. The third kappa shape index (κ3) is 8.64. The first kappa shape index (κ1) is 33.5. The highest BCUT2D eigenvalue weighted by Gasteiger charge is 2.29. The number of aliphatic imine (C=N–C) groups is 1. The van der Waals surface area contributed by atoms with Gasteiger partial charge in [0.15, 0.2) is 0 Å². The van der Waals surface area contributed by atoms with Gasteiger partial charge in [-0.25, -0.2) is 9.78 Å². The van der Waals surface area contributed by atoms with Crippen LogP contribution in [0, 0.1) is 6.92 Å². The molecule has 0 saturated heterocycles. The number of carbonyl (C=O) groups excluding carboxylic acids is 2. The number of aryl methyl sites for hydroxylation is 1. The number of ether oxygens (including phenoxy) is 2. The number of esters is 1. The second-order valence-electron chi connectivity index (χ2n) is 9.05. The second-order valence-corrected chi connectivity index (χ2v) is 9.05. The summed E-state index contributed by atoms with van der Waals surface area (Å²) in [6.07, 6.45) is 15.8. The predicted molar refractivity (Wildman–Crippen MR) is 172 cm³/mol. The molecule has 0 radical (unpaired) electrons. The number of anilines is 1. The predicted octanol–water partition coefficient (Wildman–Crippen LogP) is 6.35. The lowest BCUT2D eigenvalue weighted by Crippen LogP contribution is -2.32. The highest BCUT2D eigenvalue weighted by atomic mass is 16.5. The Morgan fingerprint density at radius 3 is 2.52 bits per heavy atom. The van der Waals surface area contributed by atoms with Crippen LogP contribution in [-0.4, -0.2) is 57.4 Å². The van der Waals surface area contributed by atoms with E-state index in [9.17, 15) is 4.79 Å². The lowest BCUT2D eigenvalue weighted by atomic mass is 9.92. The van der Waals surface area contributed by atoms with Gasteiger partial charge in [0.25, 0.3) is 0 Å². The summed E-state index contributed by atoms with van der Waals surface area (Å²) >= 11 is 0. The number of allylic oxidation sites excluding steroid dienone is 7. The average molecular weight is 571 g/mol. The van der Waals surface area contributed by atoms with Crippen LogP contribution < -0.4 is 10.2 Å². The van der Waals surface area contributed by atoms with Crippen LogP contribution in [0.4, 0.5) is 5.82 Å². The van der Waals surface area contributed by atoms with Gasteiger partial charge in [0, 0.05) is 25.4 Å². The fraction of sp³-hybridized carbons (Fsp3) is 0.294. The Balaban J connectivity index is 0.00000301. The van der Waals surface area contributed by atoms with Crippen LogP contribution in [-0.2, 0) is 14.3 Å². The summed E-state index contributed by atoms with van der Waals surface area (Å²) in [5.41, 5.74) is 4.12. The fourth-order valence-corrected chi connectivity index (χ4v) is 4.51. The fourth-order valence-electron chi connectivity index (χ4n) is 4.51. The van der Waals surface area contributed by atoms with Gasteiger partial charge in [0.05, 0.1) is 30.0 Å². The number of hydrogen-bond acceptors (Lipinski definition) is 7. The molecular formula is C34H42N4O4. The molecule has 3 rings (SSSR count). The first-order chi connectivity index (χ1) is 20.5. The number of hydrogen-bond donors (Lipinski definition) is 1. The summed E-state index contributed by atoms with van der Waals surface area (Å²) < 4.78 is 11.5. The van der Waals surface area contributed by atoms with Crippen LogP contribution in [0.3, 0.4) is 0 Å². The highest BCUT2D eigenvalue weighted by molar-refractivity contribution is 6.13. The number of amidine groups is 1. The first-order valence-electron chi connectivity index (χ1n) is 13.9. The van der Waals surface area contributed by atoms with Gasteiger partial charge in [-0.1, -0.05) is 55.1 Å². The normalized spacial score (nSPS) is 13.1. The summed E-state index contributed by atoms with van der Waals surface area (Å²) in [6.45, 7) is 12.7. The van der Waals surface area contributed by atoms with Crippen molar-refractivity contribution < 1.29 is 19.1 Å². The van der Waals surface area contributed by atoms with Crippen molar-refractivity contribution in [2.45, 2.75) is 33.6 Å². The molecule has 0 atom stereocenters. The van der Waals surface area contributed by atoms with E-state index >= 15 is 0 Å². The van der Waals surface area contributed by atoms with E-state index in [0.29, 0.717) is 47.2 Å². The Hall–Kier alpha value is -4.72. The molecule has 0 saturated carbocycles. The molecule has 1 aliphatic carbocycles. The standard InChI is InChI=1S/C33H40N4O3.CH2O/c1-7-16-26(17-8-2)37(6)32-30(31(34-5)35-22-23-40-27-20-14-11-15-21-27)29(25-18-12-10-13-19-25)28(24(4)36-32)33(38)39-9-3;1-2/h7-8,10,12-14,16-21H,1,9,11,15,22-23H2,2-6H3,(H,34,35);1H2/b17-8-,26-16+;.